The maximum absolute atomic E-state index is 11.9. The molecule has 2 aliphatic heterocycles. The fourth-order valence-corrected chi connectivity index (χ4v) is 3.48. The molecule has 3 rings (SSSR count). The van der Waals surface area contributed by atoms with Crippen LogP contribution in [0.15, 0.2) is 30.3 Å². The van der Waals surface area contributed by atoms with Gasteiger partial charge in [-0.2, -0.15) is 0 Å². The Morgan fingerprint density at radius 1 is 1.32 bits per heavy atom. The van der Waals surface area contributed by atoms with Gasteiger partial charge in [-0.15, -0.1) is 0 Å². The first-order valence-electron chi connectivity index (χ1n) is 6.33. The predicted octanol–water partition coefficient (Wildman–Crippen LogP) is 1.95. The van der Waals surface area contributed by atoms with Crippen molar-refractivity contribution in [2.45, 2.75) is 24.9 Å². The van der Waals surface area contributed by atoms with Crippen molar-refractivity contribution in [1.82, 2.24) is 0 Å². The number of hydrogen-bond donors (Lipinski definition) is 0. The Balaban J connectivity index is 1.67. The summed E-state index contributed by atoms with van der Waals surface area (Å²) in [6.07, 6.45) is -0.571. The van der Waals surface area contributed by atoms with Gasteiger partial charge in [0.1, 0.15) is 6.10 Å². The van der Waals surface area contributed by atoms with E-state index in [0.717, 1.165) is 9.99 Å². The number of ether oxygens (including phenoxy) is 3. The zero-order chi connectivity index (χ0) is 13.2. The van der Waals surface area contributed by atoms with Crippen molar-refractivity contribution in [1.29, 1.82) is 0 Å². The summed E-state index contributed by atoms with van der Waals surface area (Å²) < 4.78 is 17.6. The Bertz CT molecular complexity index is 450. The second-order valence-electron chi connectivity index (χ2n) is 4.80. The van der Waals surface area contributed by atoms with Gasteiger partial charge in [-0.3, -0.25) is 0 Å². The number of alkyl halides is 1. The molecule has 102 valence electrons. The average Bonchev–Trinajstić information content (AvgIpc) is 2.96. The van der Waals surface area contributed by atoms with Crippen LogP contribution in [-0.2, 0) is 25.6 Å². The molecule has 2 fully saturated rings. The van der Waals surface area contributed by atoms with Crippen LogP contribution in [0.3, 0.4) is 0 Å². The summed E-state index contributed by atoms with van der Waals surface area (Å²) in [5.74, 6) is -0.211. The van der Waals surface area contributed by atoms with Gasteiger partial charge in [0.2, 0.25) is 0 Å². The number of carbonyl (C=O) groups excluding carboxylic acids is 1. The summed E-state index contributed by atoms with van der Waals surface area (Å²) in [7, 11) is 0. The minimum atomic E-state index is -0.493. The number of halogens is 1. The maximum atomic E-state index is 11.9. The van der Waals surface area contributed by atoms with Crippen molar-refractivity contribution < 1.29 is 19.0 Å². The van der Waals surface area contributed by atoms with Crippen molar-refractivity contribution in [3.63, 3.8) is 0 Å². The van der Waals surface area contributed by atoms with Crippen LogP contribution in [0, 0.1) is 5.92 Å². The van der Waals surface area contributed by atoms with Gasteiger partial charge in [0.25, 0.3) is 0 Å². The summed E-state index contributed by atoms with van der Waals surface area (Å²) in [5.41, 5.74) is 1.06. The molecule has 2 aliphatic rings. The van der Waals surface area contributed by atoms with Gasteiger partial charge in [-0.1, -0.05) is 52.9 Å². The Kier molecular flexibility index (Phi) is 4.04. The maximum Gasteiger partial charge on any atom is 0.336 e. The van der Waals surface area contributed by atoms with Crippen LogP contribution in [0.2, 0.25) is 0 Å². The number of fused-ring (bicyclic) bond motifs is 1. The normalized spacial score (nSPS) is 33.2. The standard InChI is InChI=1S/C14H15IO4/c15-6-10-12-11(8-17-10)19-14(16)13(12)18-7-9-4-2-1-3-5-9/h1-5,10-13H,6-8H2/t10-,11+,12+,13-/m0/s1. The molecule has 0 amide bonds. The van der Waals surface area contributed by atoms with E-state index in [-0.39, 0.29) is 24.1 Å². The van der Waals surface area contributed by atoms with Crippen molar-refractivity contribution >= 4 is 28.6 Å². The lowest BCUT2D eigenvalue weighted by Crippen LogP contribution is -2.34. The average molecular weight is 374 g/mol. The molecular weight excluding hydrogens is 359 g/mol. The van der Waals surface area contributed by atoms with Gasteiger partial charge < -0.3 is 14.2 Å². The number of hydrogen-bond acceptors (Lipinski definition) is 4. The lowest BCUT2D eigenvalue weighted by molar-refractivity contribution is -0.153. The zero-order valence-electron chi connectivity index (χ0n) is 10.3. The first-order valence-corrected chi connectivity index (χ1v) is 7.85. The minimum absolute atomic E-state index is 0.0353. The number of rotatable bonds is 4. The van der Waals surface area contributed by atoms with E-state index >= 15 is 0 Å². The van der Waals surface area contributed by atoms with Gasteiger partial charge >= 0.3 is 5.97 Å². The molecule has 0 unspecified atom stereocenters. The van der Waals surface area contributed by atoms with E-state index in [4.69, 9.17) is 14.2 Å². The van der Waals surface area contributed by atoms with E-state index in [1.807, 2.05) is 30.3 Å². The third-order valence-corrected chi connectivity index (χ3v) is 4.48. The van der Waals surface area contributed by atoms with Crippen LogP contribution < -0.4 is 0 Å². The van der Waals surface area contributed by atoms with E-state index in [9.17, 15) is 4.79 Å². The summed E-state index contributed by atoms with van der Waals surface area (Å²) in [6.45, 7) is 0.924. The van der Waals surface area contributed by atoms with Gasteiger partial charge in [0.15, 0.2) is 6.10 Å². The molecule has 19 heavy (non-hydrogen) atoms. The van der Waals surface area contributed by atoms with E-state index in [1.165, 1.54) is 0 Å². The van der Waals surface area contributed by atoms with E-state index < -0.39 is 6.10 Å². The number of carbonyl (C=O) groups is 1. The van der Waals surface area contributed by atoms with E-state index in [1.54, 1.807) is 0 Å². The summed E-state index contributed by atoms with van der Waals surface area (Å²) in [4.78, 5) is 11.9. The highest BCUT2D eigenvalue weighted by atomic mass is 127. The molecule has 4 nitrogen and oxygen atoms in total. The molecule has 4 atom stereocenters. The van der Waals surface area contributed by atoms with E-state index in [2.05, 4.69) is 22.6 Å². The predicted molar refractivity (Wildman–Crippen MR) is 77.0 cm³/mol. The molecule has 1 aromatic carbocycles. The van der Waals surface area contributed by atoms with Crippen molar-refractivity contribution in [2.75, 3.05) is 11.0 Å². The summed E-state index contributed by atoms with van der Waals surface area (Å²) in [5, 5.41) is 0. The Labute approximate surface area is 125 Å². The minimum Gasteiger partial charge on any atom is -0.457 e. The highest BCUT2D eigenvalue weighted by Gasteiger charge is 2.53. The molecule has 0 saturated carbocycles. The first kappa shape index (κ1) is 13.3. The SMILES string of the molecule is O=C1O[C@@H]2CO[C@@H](CI)[C@H]2[C@@H]1OCc1ccccc1. The van der Waals surface area contributed by atoms with Crippen molar-refractivity contribution in [3.05, 3.63) is 35.9 Å². The number of benzene rings is 1. The largest absolute Gasteiger partial charge is 0.457 e. The highest BCUT2D eigenvalue weighted by Crippen LogP contribution is 2.36. The molecule has 2 heterocycles. The van der Waals surface area contributed by atoms with Gasteiger partial charge in [0, 0.05) is 4.43 Å². The van der Waals surface area contributed by atoms with Crippen LogP contribution in [-0.4, -0.2) is 35.3 Å². The molecule has 0 aromatic heterocycles. The molecule has 5 heteroatoms. The highest BCUT2D eigenvalue weighted by molar-refractivity contribution is 14.1. The molecule has 2 saturated heterocycles. The van der Waals surface area contributed by atoms with Crippen molar-refractivity contribution in [3.8, 4) is 0 Å². The van der Waals surface area contributed by atoms with Crippen LogP contribution in [0.5, 0.6) is 0 Å². The molecule has 0 bridgehead atoms. The molecule has 0 spiro atoms. The molecule has 0 radical (unpaired) electrons. The number of esters is 1. The second kappa shape index (κ2) is 5.76. The fourth-order valence-electron chi connectivity index (χ4n) is 2.64. The lowest BCUT2D eigenvalue weighted by atomic mass is 9.96. The van der Waals surface area contributed by atoms with Gasteiger partial charge in [-0.05, 0) is 5.56 Å². The summed E-state index contributed by atoms with van der Waals surface area (Å²) in [6, 6.07) is 9.85. The zero-order valence-corrected chi connectivity index (χ0v) is 12.5. The van der Waals surface area contributed by atoms with Crippen LogP contribution in [0.4, 0.5) is 0 Å². The van der Waals surface area contributed by atoms with E-state index in [0.29, 0.717) is 13.2 Å². The van der Waals surface area contributed by atoms with Gasteiger partial charge in [0.05, 0.1) is 25.2 Å². The topological polar surface area (TPSA) is 44.8 Å². The fraction of sp³-hybridized carbons (Fsp3) is 0.500. The first-order chi connectivity index (χ1) is 9.29. The quantitative estimate of drug-likeness (QED) is 0.459. The molecule has 1 aromatic rings. The Hall–Kier alpha value is -0.660. The molecule has 0 aliphatic carbocycles. The second-order valence-corrected chi connectivity index (χ2v) is 5.68. The third kappa shape index (κ3) is 2.64. The molecule has 0 N–H and O–H groups in total. The Morgan fingerprint density at radius 2 is 2.11 bits per heavy atom. The Morgan fingerprint density at radius 3 is 2.84 bits per heavy atom. The monoisotopic (exact) mass is 374 g/mol. The smallest absolute Gasteiger partial charge is 0.336 e. The van der Waals surface area contributed by atoms with Crippen molar-refractivity contribution in [2.24, 2.45) is 5.92 Å². The van der Waals surface area contributed by atoms with Crippen LogP contribution in [0.25, 0.3) is 0 Å². The van der Waals surface area contributed by atoms with Gasteiger partial charge in [-0.25, -0.2) is 4.79 Å². The van der Waals surface area contributed by atoms with Crippen LogP contribution in [0.1, 0.15) is 5.56 Å². The molecular formula is C14H15IO4. The lowest BCUT2D eigenvalue weighted by Gasteiger charge is -2.19. The third-order valence-electron chi connectivity index (χ3n) is 3.61. The van der Waals surface area contributed by atoms with Crippen LogP contribution >= 0.6 is 22.6 Å². The summed E-state index contributed by atoms with van der Waals surface area (Å²) >= 11 is 2.28.